The number of halogens is 1. The summed E-state index contributed by atoms with van der Waals surface area (Å²) < 4.78 is 0. The quantitative estimate of drug-likeness (QED) is 0.808. The van der Waals surface area contributed by atoms with Crippen LogP contribution in [-0.4, -0.2) is 21.0 Å². The van der Waals surface area contributed by atoms with Gasteiger partial charge in [-0.25, -0.2) is 14.8 Å². The van der Waals surface area contributed by atoms with Crippen LogP contribution in [0.3, 0.4) is 0 Å². The van der Waals surface area contributed by atoms with Crippen LogP contribution in [0.15, 0.2) is 0 Å². The highest BCUT2D eigenvalue weighted by Crippen LogP contribution is 2.20. The van der Waals surface area contributed by atoms with Gasteiger partial charge in [-0.3, -0.25) is 0 Å². The second kappa shape index (κ2) is 4.57. The van der Waals surface area contributed by atoms with Crippen molar-refractivity contribution >= 4 is 17.6 Å². The fourth-order valence-corrected chi connectivity index (χ4v) is 1.53. The minimum atomic E-state index is -1.06. The molecule has 0 aliphatic carbocycles. The van der Waals surface area contributed by atoms with Gasteiger partial charge in [-0.1, -0.05) is 32.4 Å². The van der Waals surface area contributed by atoms with Gasteiger partial charge in [0.25, 0.3) is 0 Å². The van der Waals surface area contributed by atoms with E-state index in [9.17, 15) is 4.79 Å². The number of aromatic carboxylic acids is 1. The lowest BCUT2D eigenvalue weighted by molar-refractivity contribution is 0.0688. The van der Waals surface area contributed by atoms with E-state index in [0.717, 1.165) is 0 Å². The molecule has 0 bridgehead atoms. The molecule has 1 aromatic heterocycles. The van der Waals surface area contributed by atoms with E-state index in [-0.39, 0.29) is 16.8 Å². The maximum Gasteiger partial charge on any atom is 0.354 e. The largest absolute Gasteiger partial charge is 0.476 e. The van der Waals surface area contributed by atoms with Gasteiger partial charge in [0.05, 0.1) is 0 Å². The molecule has 0 saturated carbocycles. The summed E-state index contributed by atoms with van der Waals surface area (Å²) in [7, 11) is 0. The zero-order chi connectivity index (χ0) is 11.6. The minimum absolute atomic E-state index is 0.0150. The van der Waals surface area contributed by atoms with Crippen LogP contribution in [0.4, 0.5) is 0 Å². The lowest BCUT2D eigenvalue weighted by atomic mass is 10.1. The minimum Gasteiger partial charge on any atom is -0.476 e. The van der Waals surface area contributed by atoms with Crippen molar-refractivity contribution in [2.24, 2.45) is 0 Å². The molecule has 0 atom stereocenters. The number of rotatable bonds is 3. The molecule has 0 spiro atoms. The molecule has 1 aromatic rings. The number of hydrogen-bond acceptors (Lipinski definition) is 3. The van der Waals surface area contributed by atoms with E-state index >= 15 is 0 Å². The summed E-state index contributed by atoms with van der Waals surface area (Å²) >= 11 is 5.91. The molecule has 0 fully saturated rings. The van der Waals surface area contributed by atoms with Gasteiger partial charge in [-0.15, -0.1) is 0 Å². The van der Waals surface area contributed by atoms with Crippen molar-refractivity contribution in [3.05, 3.63) is 22.2 Å². The average molecular weight is 229 g/mol. The molecule has 15 heavy (non-hydrogen) atoms. The first-order valence-corrected chi connectivity index (χ1v) is 5.14. The van der Waals surface area contributed by atoms with Gasteiger partial charge in [-0.2, -0.15) is 0 Å². The molecular weight excluding hydrogens is 216 g/mol. The topological polar surface area (TPSA) is 63.1 Å². The summed E-state index contributed by atoms with van der Waals surface area (Å²) in [5, 5.41) is 9.22. The first-order chi connectivity index (χ1) is 6.97. The Balaban J connectivity index is 3.38. The molecule has 4 nitrogen and oxygen atoms in total. The summed E-state index contributed by atoms with van der Waals surface area (Å²) in [5.41, 5.74) is 0.509. The van der Waals surface area contributed by atoms with Crippen molar-refractivity contribution in [3.8, 4) is 0 Å². The Labute approximate surface area is 93.3 Å². The number of carbonyl (C=O) groups is 1. The van der Waals surface area contributed by atoms with Crippen LogP contribution < -0.4 is 0 Å². The van der Waals surface area contributed by atoms with Crippen LogP contribution in [0.25, 0.3) is 0 Å². The molecule has 82 valence electrons. The van der Waals surface area contributed by atoms with Crippen LogP contribution >= 0.6 is 11.6 Å². The highest BCUT2D eigenvalue weighted by atomic mass is 35.5. The molecule has 1 heterocycles. The van der Waals surface area contributed by atoms with Gasteiger partial charge in [0.15, 0.2) is 5.69 Å². The summed E-state index contributed by atoms with van der Waals surface area (Å²) in [4.78, 5) is 19.0. The Kier molecular flexibility index (Phi) is 3.63. The molecule has 0 amide bonds. The van der Waals surface area contributed by atoms with Crippen LogP contribution in [0, 0.1) is 0 Å². The van der Waals surface area contributed by atoms with Gasteiger partial charge in [-0.05, 0) is 6.42 Å². The Hall–Kier alpha value is -1.16. The van der Waals surface area contributed by atoms with E-state index in [1.807, 2.05) is 20.8 Å². The first kappa shape index (κ1) is 11.9. The molecule has 0 aromatic carbocycles. The Morgan fingerprint density at radius 2 is 2.07 bits per heavy atom. The van der Waals surface area contributed by atoms with Crippen molar-refractivity contribution in [1.82, 2.24) is 9.97 Å². The van der Waals surface area contributed by atoms with Crippen LogP contribution in [0.2, 0.25) is 5.15 Å². The van der Waals surface area contributed by atoms with Crippen molar-refractivity contribution < 1.29 is 9.90 Å². The zero-order valence-electron chi connectivity index (χ0n) is 8.91. The van der Waals surface area contributed by atoms with Crippen molar-refractivity contribution in [1.29, 1.82) is 0 Å². The maximum atomic E-state index is 11.0. The number of nitrogens with zero attached hydrogens (tertiary/aromatic N) is 2. The fourth-order valence-electron chi connectivity index (χ4n) is 1.22. The Morgan fingerprint density at radius 3 is 2.47 bits per heavy atom. The standard InChI is InChI=1S/C10H13ClN2O2/c1-4-6-7(10(14)15)12-9(5(2)3)13-8(6)11/h5H,4H2,1-3H3,(H,14,15). The second-order valence-corrected chi connectivity index (χ2v) is 3.87. The molecule has 0 saturated heterocycles. The second-order valence-electron chi connectivity index (χ2n) is 3.51. The van der Waals surface area contributed by atoms with E-state index in [2.05, 4.69) is 9.97 Å². The highest BCUT2D eigenvalue weighted by Gasteiger charge is 2.18. The molecule has 1 rings (SSSR count). The first-order valence-electron chi connectivity index (χ1n) is 4.77. The molecule has 1 N–H and O–H groups in total. The van der Waals surface area contributed by atoms with E-state index in [1.54, 1.807) is 0 Å². The number of carboxylic acid groups (broad SMARTS) is 1. The van der Waals surface area contributed by atoms with Gasteiger partial charge < -0.3 is 5.11 Å². The molecular formula is C10H13ClN2O2. The van der Waals surface area contributed by atoms with Gasteiger partial charge in [0, 0.05) is 11.5 Å². The Morgan fingerprint density at radius 1 is 1.47 bits per heavy atom. The number of aromatic nitrogens is 2. The SMILES string of the molecule is CCc1c(Cl)nc(C(C)C)nc1C(=O)O. The average Bonchev–Trinajstić information content (AvgIpc) is 2.16. The number of carboxylic acids is 1. The molecule has 5 heteroatoms. The van der Waals surface area contributed by atoms with E-state index in [1.165, 1.54) is 0 Å². The van der Waals surface area contributed by atoms with Crippen LogP contribution in [0.5, 0.6) is 0 Å². The summed E-state index contributed by atoms with van der Waals surface area (Å²) in [5.74, 6) is -0.529. The summed E-state index contributed by atoms with van der Waals surface area (Å²) in [6, 6.07) is 0. The van der Waals surface area contributed by atoms with Crippen molar-refractivity contribution in [3.63, 3.8) is 0 Å². The maximum absolute atomic E-state index is 11.0. The zero-order valence-corrected chi connectivity index (χ0v) is 9.67. The van der Waals surface area contributed by atoms with Crippen LogP contribution in [0.1, 0.15) is 48.6 Å². The lowest BCUT2D eigenvalue weighted by Gasteiger charge is -2.09. The van der Waals surface area contributed by atoms with E-state index in [0.29, 0.717) is 17.8 Å². The fraction of sp³-hybridized carbons (Fsp3) is 0.500. The molecule has 0 aliphatic heterocycles. The monoisotopic (exact) mass is 228 g/mol. The third kappa shape index (κ3) is 2.45. The van der Waals surface area contributed by atoms with E-state index in [4.69, 9.17) is 16.7 Å². The number of hydrogen-bond donors (Lipinski definition) is 1. The summed E-state index contributed by atoms with van der Waals surface area (Å²) in [6.45, 7) is 5.61. The molecule has 0 aliphatic rings. The highest BCUT2D eigenvalue weighted by molar-refractivity contribution is 6.30. The molecule has 0 radical (unpaired) electrons. The third-order valence-electron chi connectivity index (χ3n) is 2.05. The third-order valence-corrected chi connectivity index (χ3v) is 2.36. The van der Waals surface area contributed by atoms with E-state index < -0.39 is 5.97 Å². The van der Waals surface area contributed by atoms with Gasteiger partial charge >= 0.3 is 5.97 Å². The summed E-state index contributed by atoms with van der Waals surface area (Å²) in [6.07, 6.45) is 0.513. The van der Waals surface area contributed by atoms with Gasteiger partial charge in [0.1, 0.15) is 11.0 Å². The predicted octanol–water partition coefficient (Wildman–Crippen LogP) is 2.51. The van der Waals surface area contributed by atoms with Gasteiger partial charge in [0.2, 0.25) is 0 Å². The normalized spacial score (nSPS) is 10.7. The van der Waals surface area contributed by atoms with Crippen molar-refractivity contribution in [2.45, 2.75) is 33.1 Å². The Bertz CT molecular complexity index is 391. The smallest absolute Gasteiger partial charge is 0.354 e. The van der Waals surface area contributed by atoms with Crippen molar-refractivity contribution in [2.75, 3.05) is 0 Å². The predicted molar refractivity (Wildman–Crippen MR) is 57.5 cm³/mol. The lowest BCUT2D eigenvalue weighted by Crippen LogP contribution is -2.11. The molecule has 0 unspecified atom stereocenters. The van der Waals surface area contributed by atoms with Crippen LogP contribution in [-0.2, 0) is 6.42 Å².